The molecule has 0 fully saturated rings. The molecule has 4 nitrogen and oxygen atoms in total. The van der Waals surface area contributed by atoms with Gasteiger partial charge in [-0.15, -0.1) is 0 Å². The number of rotatable bonds is 2. The van der Waals surface area contributed by atoms with E-state index in [1.54, 1.807) is 12.1 Å². The minimum atomic E-state index is -0.336. The van der Waals surface area contributed by atoms with Gasteiger partial charge in [-0.05, 0) is 36.8 Å². The van der Waals surface area contributed by atoms with E-state index in [0.29, 0.717) is 5.56 Å². The van der Waals surface area contributed by atoms with Gasteiger partial charge >= 0.3 is 5.97 Å². The average molecular weight is 266 g/mol. The van der Waals surface area contributed by atoms with Crippen molar-refractivity contribution in [1.29, 1.82) is 0 Å². The fourth-order valence-corrected chi connectivity index (χ4v) is 2.14. The van der Waals surface area contributed by atoms with Crippen LogP contribution in [-0.4, -0.2) is 23.0 Å². The van der Waals surface area contributed by atoms with E-state index in [4.69, 9.17) is 0 Å². The quantitative estimate of drug-likeness (QED) is 0.724. The summed E-state index contributed by atoms with van der Waals surface area (Å²) in [6, 6.07) is 13.3. The summed E-state index contributed by atoms with van der Waals surface area (Å²) in [5.74, 6) is 0.457. The van der Waals surface area contributed by atoms with Crippen molar-refractivity contribution in [2.75, 3.05) is 7.11 Å². The van der Waals surface area contributed by atoms with Gasteiger partial charge in [0.2, 0.25) is 0 Å². The molecule has 4 heteroatoms. The Morgan fingerprint density at radius 2 is 1.90 bits per heavy atom. The van der Waals surface area contributed by atoms with Crippen LogP contribution in [0.25, 0.3) is 22.4 Å². The van der Waals surface area contributed by atoms with Gasteiger partial charge < -0.3 is 9.72 Å². The highest BCUT2D eigenvalue weighted by Gasteiger charge is 2.08. The Morgan fingerprint density at radius 3 is 2.60 bits per heavy atom. The summed E-state index contributed by atoms with van der Waals surface area (Å²) in [6.45, 7) is 2.05. The first kappa shape index (κ1) is 12.4. The van der Waals surface area contributed by atoms with Crippen LogP contribution in [0.2, 0.25) is 0 Å². The van der Waals surface area contributed by atoms with Crippen molar-refractivity contribution in [3.8, 4) is 11.4 Å². The molecule has 100 valence electrons. The number of hydrogen-bond acceptors (Lipinski definition) is 3. The Balaban J connectivity index is 2.00. The normalized spacial score (nSPS) is 10.7. The van der Waals surface area contributed by atoms with Crippen molar-refractivity contribution < 1.29 is 9.53 Å². The highest BCUT2D eigenvalue weighted by atomic mass is 16.5. The topological polar surface area (TPSA) is 55.0 Å². The van der Waals surface area contributed by atoms with Gasteiger partial charge in [-0.25, -0.2) is 9.78 Å². The van der Waals surface area contributed by atoms with E-state index in [2.05, 4.69) is 20.8 Å². The molecular formula is C16H14N2O2. The van der Waals surface area contributed by atoms with Gasteiger partial charge in [0, 0.05) is 5.56 Å². The molecule has 0 unspecified atom stereocenters. The Morgan fingerprint density at radius 1 is 1.15 bits per heavy atom. The number of benzene rings is 2. The molecule has 0 aliphatic rings. The van der Waals surface area contributed by atoms with Crippen molar-refractivity contribution in [1.82, 2.24) is 9.97 Å². The third-order valence-corrected chi connectivity index (χ3v) is 3.22. The van der Waals surface area contributed by atoms with E-state index in [-0.39, 0.29) is 5.97 Å². The second-order valence-electron chi connectivity index (χ2n) is 4.67. The van der Waals surface area contributed by atoms with Crippen LogP contribution < -0.4 is 0 Å². The number of aryl methyl sites for hydroxylation is 1. The number of imidazole rings is 1. The second kappa shape index (κ2) is 4.81. The molecule has 0 amide bonds. The number of H-pyrrole nitrogens is 1. The van der Waals surface area contributed by atoms with Crippen LogP contribution in [0.5, 0.6) is 0 Å². The molecule has 0 atom stereocenters. The van der Waals surface area contributed by atoms with Crippen LogP contribution in [0.15, 0.2) is 42.5 Å². The van der Waals surface area contributed by atoms with Gasteiger partial charge in [-0.1, -0.05) is 18.2 Å². The van der Waals surface area contributed by atoms with Gasteiger partial charge in [-0.2, -0.15) is 0 Å². The van der Waals surface area contributed by atoms with Crippen molar-refractivity contribution in [3.05, 3.63) is 53.6 Å². The first-order chi connectivity index (χ1) is 9.67. The molecule has 0 radical (unpaired) electrons. The van der Waals surface area contributed by atoms with E-state index in [9.17, 15) is 4.79 Å². The van der Waals surface area contributed by atoms with Gasteiger partial charge in [0.1, 0.15) is 5.82 Å². The lowest BCUT2D eigenvalue weighted by molar-refractivity contribution is 0.0601. The zero-order valence-electron chi connectivity index (χ0n) is 11.3. The fourth-order valence-electron chi connectivity index (χ4n) is 2.14. The van der Waals surface area contributed by atoms with Crippen molar-refractivity contribution in [2.24, 2.45) is 0 Å². The van der Waals surface area contributed by atoms with Crippen molar-refractivity contribution in [2.45, 2.75) is 6.92 Å². The summed E-state index contributed by atoms with van der Waals surface area (Å²) in [7, 11) is 1.37. The van der Waals surface area contributed by atoms with Crippen molar-refractivity contribution in [3.63, 3.8) is 0 Å². The number of methoxy groups -OCH3 is 1. The molecule has 1 heterocycles. The molecule has 0 saturated carbocycles. The summed E-state index contributed by atoms with van der Waals surface area (Å²) >= 11 is 0. The predicted molar refractivity (Wildman–Crippen MR) is 77.6 cm³/mol. The molecule has 1 aromatic heterocycles. The van der Waals surface area contributed by atoms with Gasteiger partial charge in [0.05, 0.1) is 23.7 Å². The first-order valence-electron chi connectivity index (χ1n) is 6.32. The standard InChI is InChI=1S/C16H14N2O2/c1-10-3-8-13-14(9-10)18-15(17-13)11-4-6-12(7-5-11)16(19)20-2/h3-9H,1-2H3,(H,17,18). The van der Waals surface area contributed by atoms with Crippen LogP contribution in [0.3, 0.4) is 0 Å². The molecule has 0 aliphatic carbocycles. The van der Waals surface area contributed by atoms with E-state index in [1.165, 1.54) is 12.7 Å². The van der Waals surface area contributed by atoms with E-state index in [0.717, 1.165) is 22.4 Å². The number of nitrogens with zero attached hydrogens (tertiary/aromatic N) is 1. The van der Waals surface area contributed by atoms with E-state index < -0.39 is 0 Å². The average Bonchev–Trinajstić information content (AvgIpc) is 2.89. The highest BCUT2D eigenvalue weighted by Crippen LogP contribution is 2.21. The maximum Gasteiger partial charge on any atom is 0.337 e. The molecular weight excluding hydrogens is 252 g/mol. The number of esters is 1. The molecule has 0 bridgehead atoms. The predicted octanol–water partition coefficient (Wildman–Crippen LogP) is 3.32. The SMILES string of the molecule is COC(=O)c1ccc(-c2nc3ccc(C)cc3[nH]2)cc1. The number of carbonyl (C=O) groups excluding carboxylic acids is 1. The van der Waals surface area contributed by atoms with E-state index >= 15 is 0 Å². The number of carbonyl (C=O) groups is 1. The monoisotopic (exact) mass is 266 g/mol. The zero-order valence-corrected chi connectivity index (χ0v) is 11.3. The molecule has 0 spiro atoms. The number of aromatic amines is 1. The largest absolute Gasteiger partial charge is 0.465 e. The van der Waals surface area contributed by atoms with Crippen LogP contribution in [0, 0.1) is 6.92 Å². The number of ether oxygens (including phenoxy) is 1. The third-order valence-electron chi connectivity index (χ3n) is 3.22. The summed E-state index contributed by atoms with van der Waals surface area (Å²) in [4.78, 5) is 19.2. The summed E-state index contributed by atoms with van der Waals surface area (Å²) in [5.41, 5.74) is 4.60. The smallest absolute Gasteiger partial charge is 0.337 e. The lowest BCUT2D eigenvalue weighted by Gasteiger charge is -2.00. The zero-order chi connectivity index (χ0) is 14.1. The maximum absolute atomic E-state index is 11.4. The Kier molecular flexibility index (Phi) is 2.99. The maximum atomic E-state index is 11.4. The van der Waals surface area contributed by atoms with Crippen molar-refractivity contribution >= 4 is 17.0 Å². The number of hydrogen-bond donors (Lipinski definition) is 1. The molecule has 0 aliphatic heterocycles. The second-order valence-corrected chi connectivity index (χ2v) is 4.67. The molecule has 2 aromatic carbocycles. The minimum absolute atomic E-state index is 0.336. The van der Waals surface area contributed by atoms with Gasteiger partial charge in [0.25, 0.3) is 0 Å². The first-order valence-corrected chi connectivity index (χ1v) is 6.32. The Labute approximate surface area is 116 Å². The molecule has 1 N–H and O–H groups in total. The third kappa shape index (κ3) is 2.16. The van der Waals surface area contributed by atoms with Crippen LogP contribution in [0.4, 0.5) is 0 Å². The summed E-state index contributed by atoms with van der Waals surface area (Å²) in [6.07, 6.45) is 0. The lowest BCUT2D eigenvalue weighted by atomic mass is 10.1. The van der Waals surface area contributed by atoms with Gasteiger partial charge in [-0.3, -0.25) is 0 Å². The fraction of sp³-hybridized carbons (Fsp3) is 0.125. The van der Waals surface area contributed by atoms with Crippen LogP contribution >= 0.6 is 0 Å². The highest BCUT2D eigenvalue weighted by molar-refractivity contribution is 5.90. The summed E-state index contributed by atoms with van der Waals surface area (Å²) in [5, 5.41) is 0. The summed E-state index contributed by atoms with van der Waals surface area (Å²) < 4.78 is 4.68. The molecule has 3 rings (SSSR count). The minimum Gasteiger partial charge on any atom is -0.465 e. The number of fused-ring (bicyclic) bond motifs is 1. The molecule has 3 aromatic rings. The van der Waals surface area contributed by atoms with E-state index in [1.807, 2.05) is 31.2 Å². The number of aromatic nitrogens is 2. The lowest BCUT2D eigenvalue weighted by Crippen LogP contribution is -2.00. The van der Waals surface area contributed by atoms with Crippen LogP contribution in [-0.2, 0) is 4.74 Å². The Hall–Kier alpha value is -2.62. The number of nitrogens with one attached hydrogen (secondary N) is 1. The Bertz CT molecular complexity index is 773. The van der Waals surface area contributed by atoms with Gasteiger partial charge in [0.15, 0.2) is 0 Å². The molecule has 0 saturated heterocycles. The molecule has 20 heavy (non-hydrogen) atoms. The van der Waals surface area contributed by atoms with Crippen LogP contribution in [0.1, 0.15) is 15.9 Å².